The minimum absolute atomic E-state index is 0.139. The summed E-state index contributed by atoms with van der Waals surface area (Å²) in [7, 11) is 1.32. The largest absolute Gasteiger partial charge is 0.465 e. The van der Waals surface area contributed by atoms with Crippen LogP contribution in [0.25, 0.3) is 0 Å². The first-order valence-corrected chi connectivity index (χ1v) is 9.25. The van der Waals surface area contributed by atoms with Crippen molar-refractivity contribution in [3.05, 3.63) is 35.1 Å². The van der Waals surface area contributed by atoms with Gasteiger partial charge in [-0.25, -0.2) is 9.78 Å². The summed E-state index contributed by atoms with van der Waals surface area (Å²) in [5, 5.41) is 3.22. The molecular formula is C15H19N3O3S2. The highest BCUT2D eigenvalue weighted by molar-refractivity contribution is 7.98. The maximum Gasteiger partial charge on any atom is 0.350 e. The molecule has 2 aromatic rings. The van der Waals surface area contributed by atoms with E-state index in [1.165, 1.54) is 7.11 Å². The van der Waals surface area contributed by atoms with Crippen LogP contribution < -0.4 is 5.32 Å². The number of nitrogens with zero attached hydrogens (tertiary/aromatic N) is 2. The van der Waals surface area contributed by atoms with E-state index in [0.29, 0.717) is 15.7 Å². The Labute approximate surface area is 143 Å². The predicted octanol–water partition coefficient (Wildman–Crippen LogP) is 2.97. The number of carbonyl (C=O) groups is 2. The van der Waals surface area contributed by atoms with Gasteiger partial charge < -0.3 is 14.6 Å². The molecular weight excluding hydrogens is 334 g/mol. The van der Waals surface area contributed by atoms with Crippen LogP contribution in [0.3, 0.4) is 0 Å². The number of amides is 1. The van der Waals surface area contributed by atoms with Crippen molar-refractivity contribution in [3.63, 3.8) is 0 Å². The number of thiazole rings is 1. The van der Waals surface area contributed by atoms with Gasteiger partial charge in [0.15, 0.2) is 5.13 Å². The second-order valence-corrected chi connectivity index (χ2v) is 6.83. The van der Waals surface area contributed by atoms with Crippen molar-refractivity contribution in [1.29, 1.82) is 0 Å². The van der Waals surface area contributed by atoms with Crippen LogP contribution in [0, 0.1) is 6.92 Å². The highest BCUT2D eigenvalue weighted by atomic mass is 32.2. The summed E-state index contributed by atoms with van der Waals surface area (Å²) < 4.78 is 6.59. The third-order valence-electron chi connectivity index (χ3n) is 3.28. The molecule has 0 aliphatic carbocycles. The lowest BCUT2D eigenvalue weighted by Gasteiger charge is -2.17. The van der Waals surface area contributed by atoms with Crippen molar-refractivity contribution in [2.24, 2.45) is 0 Å². The second kappa shape index (κ2) is 8.16. The van der Waals surface area contributed by atoms with Crippen molar-refractivity contribution < 1.29 is 14.3 Å². The Hall–Kier alpha value is -1.80. The summed E-state index contributed by atoms with van der Waals surface area (Å²) in [6.45, 7) is 1.72. The Morgan fingerprint density at radius 3 is 2.74 bits per heavy atom. The van der Waals surface area contributed by atoms with Crippen LogP contribution >= 0.6 is 23.1 Å². The Balaban J connectivity index is 2.14. The quantitative estimate of drug-likeness (QED) is 0.775. The van der Waals surface area contributed by atoms with Gasteiger partial charge in [-0.05, 0) is 37.5 Å². The molecule has 0 aliphatic rings. The van der Waals surface area contributed by atoms with Crippen LogP contribution in [0.1, 0.15) is 27.8 Å². The minimum Gasteiger partial charge on any atom is -0.465 e. The molecule has 0 aromatic carbocycles. The molecule has 2 aromatic heterocycles. The molecule has 8 heteroatoms. The maximum absolute atomic E-state index is 12.6. The molecule has 0 bridgehead atoms. The normalized spacial score (nSPS) is 12.0. The SMILES string of the molecule is COC(=O)c1sc(NC(=O)[C@H](CCSC)n2cccc2)nc1C. The number of thioether (sulfide) groups is 1. The van der Waals surface area contributed by atoms with Crippen molar-refractivity contribution in [1.82, 2.24) is 9.55 Å². The zero-order valence-electron chi connectivity index (χ0n) is 13.2. The zero-order chi connectivity index (χ0) is 16.8. The summed E-state index contributed by atoms with van der Waals surface area (Å²) in [6.07, 6.45) is 6.47. The highest BCUT2D eigenvalue weighted by Gasteiger charge is 2.22. The van der Waals surface area contributed by atoms with Gasteiger partial charge in [-0.15, -0.1) is 0 Å². The van der Waals surface area contributed by atoms with Gasteiger partial charge in [-0.2, -0.15) is 11.8 Å². The fourth-order valence-electron chi connectivity index (χ4n) is 2.12. The zero-order valence-corrected chi connectivity index (χ0v) is 14.9. The first-order valence-electron chi connectivity index (χ1n) is 7.04. The topological polar surface area (TPSA) is 73.2 Å². The van der Waals surface area contributed by atoms with Crippen molar-refractivity contribution in [2.75, 3.05) is 24.4 Å². The summed E-state index contributed by atoms with van der Waals surface area (Å²) in [6, 6.07) is 3.48. The number of aryl methyl sites for hydroxylation is 1. The van der Waals surface area contributed by atoms with E-state index in [9.17, 15) is 9.59 Å². The number of nitrogens with one attached hydrogen (secondary N) is 1. The molecule has 0 saturated heterocycles. The maximum atomic E-state index is 12.6. The van der Waals surface area contributed by atoms with E-state index in [1.54, 1.807) is 18.7 Å². The van der Waals surface area contributed by atoms with Crippen LogP contribution in [0.2, 0.25) is 0 Å². The number of rotatable bonds is 7. The van der Waals surface area contributed by atoms with E-state index in [0.717, 1.165) is 23.5 Å². The standard InChI is InChI=1S/C15H19N3O3S2/c1-10-12(14(20)21-2)23-15(16-10)17-13(19)11(6-9-22-3)18-7-4-5-8-18/h4-5,7-8,11H,6,9H2,1-3H3,(H,16,17,19)/t11-/m0/s1. The smallest absolute Gasteiger partial charge is 0.350 e. The fraction of sp³-hybridized carbons (Fsp3) is 0.400. The molecule has 6 nitrogen and oxygen atoms in total. The number of carbonyl (C=O) groups excluding carboxylic acids is 2. The second-order valence-electron chi connectivity index (χ2n) is 4.84. The number of ether oxygens (including phenoxy) is 1. The Bertz CT molecular complexity index is 668. The number of hydrogen-bond acceptors (Lipinski definition) is 6. The predicted molar refractivity (Wildman–Crippen MR) is 93.3 cm³/mol. The van der Waals surface area contributed by atoms with Gasteiger partial charge >= 0.3 is 5.97 Å². The lowest BCUT2D eigenvalue weighted by Crippen LogP contribution is -2.25. The molecule has 0 unspecified atom stereocenters. The van der Waals surface area contributed by atoms with E-state index >= 15 is 0 Å². The molecule has 23 heavy (non-hydrogen) atoms. The number of aromatic nitrogens is 2. The average Bonchev–Trinajstić information content (AvgIpc) is 3.17. The number of methoxy groups -OCH3 is 1. The van der Waals surface area contributed by atoms with Gasteiger partial charge in [-0.3, -0.25) is 4.79 Å². The van der Waals surface area contributed by atoms with Gasteiger partial charge in [-0.1, -0.05) is 11.3 Å². The van der Waals surface area contributed by atoms with Crippen LogP contribution in [-0.2, 0) is 9.53 Å². The molecule has 1 N–H and O–H groups in total. The summed E-state index contributed by atoms with van der Waals surface area (Å²) in [5.41, 5.74) is 0.554. The van der Waals surface area contributed by atoms with Gasteiger partial charge in [0.05, 0.1) is 12.8 Å². The van der Waals surface area contributed by atoms with Crippen LogP contribution in [-0.4, -0.2) is 40.5 Å². The monoisotopic (exact) mass is 353 g/mol. The molecule has 0 saturated carbocycles. The van der Waals surface area contributed by atoms with E-state index in [1.807, 2.05) is 35.3 Å². The summed E-state index contributed by atoms with van der Waals surface area (Å²) >= 11 is 2.82. The van der Waals surface area contributed by atoms with Gasteiger partial charge in [0.25, 0.3) is 0 Å². The van der Waals surface area contributed by atoms with Gasteiger partial charge in [0.1, 0.15) is 10.9 Å². The van der Waals surface area contributed by atoms with E-state index in [2.05, 4.69) is 10.3 Å². The highest BCUT2D eigenvalue weighted by Crippen LogP contribution is 2.25. The van der Waals surface area contributed by atoms with E-state index < -0.39 is 5.97 Å². The lowest BCUT2D eigenvalue weighted by atomic mass is 10.2. The Morgan fingerprint density at radius 1 is 1.43 bits per heavy atom. The van der Waals surface area contributed by atoms with Crippen molar-refractivity contribution >= 4 is 40.1 Å². The average molecular weight is 353 g/mol. The van der Waals surface area contributed by atoms with Gasteiger partial charge in [0.2, 0.25) is 5.91 Å². The van der Waals surface area contributed by atoms with E-state index in [4.69, 9.17) is 4.74 Å². The van der Waals surface area contributed by atoms with Crippen LogP contribution in [0.5, 0.6) is 0 Å². The first kappa shape index (κ1) is 17.6. The lowest BCUT2D eigenvalue weighted by molar-refractivity contribution is -0.119. The molecule has 0 aliphatic heterocycles. The number of hydrogen-bond donors (Lipinski definition) is 1. The molecule has 1 atom stereocenters. The third-order valence-corrected chi connectivity index (χ3v) is 4.98. The van der Waals surface area contributed by atoms with E-state index in [-0.39, 0.29) is 11.9 Å². The fourth-order valence-corrected chi connectivity index (χ4v) is 3.47. The number of anilines is 1. The van der Waals surface area contributed by atoms with Crippen molar-refractivity contribution in [2.45, 2.75) is 19.4 Å². The minimum atomic E-state index is -0.440. The third kappa shape index (κ3) is 4.35. The van der Waals surface area contributed by atoms with Crippen molar-refractivity contribution in [3.8, 4) is 0 Å². The van der Waals surface area contributed by atoms with Crippen LogP contribution in [0.4, 0.5) is 5.13 Å². The van der Waals surface area contributed by atoms with Gasteiger partial charge in [0, 0.05) is 12.4 Å². The number of esters is 1. The molecule has 0 radical (unpaired) electrons. The Kier molecular flexibility index (Phi) is 6.23. The summed E-state index contributed by atoms with van der Waals surface area (Å²) in [4.78, 5) is 28.9. The summed E-state index contributed by atoms with van der Waals surface area (Å²) in [5.74, 6) is 0.297. The molecule has 0 fully saturated rings. The Morgan fingerprint density at radius 2 is 2.13 bits per heavy atom. The molecule has 0 spiro atoms. The molecule has 1 amide bonds. The molecule has 124 valence electrons. The first-order chi connectivity index (χ1) is 11.1. The molecule has 2 heterocycles. The molecule has 2 rings (SSSR count). The van der Waals surface area contributed by atoms with Crippen LogP contribution in [0.15, 0.2) is 24.5 Å².